The summed E-state index contributed by atoms with van der Waals surface area (Å²) < 4.78 is 5.67. The van der Waals surface area contributed by atoms with E-state index in [2.05, 4.69) is 4.98 Å². The van der Waals surface area contributed by atoms with Crippen molar-refractivity contribution in [3.8, 4) is 5.88 Å². The van der Waals surface area contributed by atoms with Crippen molar-refractivity contribution in [3.05, 3.63) is 24.4 Å². The molecule has 1 aliphatic rings. The van der Waals surface area contributed by atoms with E-state index in [0.29, 0.717) is 5.92 Å². The van der Waals surface area contributed by atoms with Crippen LogP contribution in [0.3, 0.4) is 0 Å². The number of ether oxygens (including phenoxy) is 1. The summed E-state index contributed by atoms with van der Waals surface area (Å²) in [5.41, 5.74) is 5.67. The van der Waals surface area contributed by atoms with E-state index in [1.165, 1.54) is 25.7 Å². The SMILES string of the molecule is NCC1CCC(COc2ccccn2)CC1. The van der Waals surface area contributed by atoms with Gasteiger partial charge in [0.05, 0.1) is 6.61 Å². The Labute approximate surface area is 97.0 Å². The molecular formula is C13H20N2O. The van der Waals surface area contributed by atoms with Crippen LogP contribution in [-0.2, 0) is 0 Å². The molecule has 0 spiro atoms. The van der Waals surface area contributed by atoms with Crippen LogP contribution >= 0.6 is 0 Å². The van der Waals surface area contributed by atoms with Gasteiger partial charge in [0.15, 0.2) is 0 Å². The largest absolute Gasteiger partial charge is 0.477 e. The van der Waals surface area contributed by atoms with Crippen molar-refractivity contribution in [2.24, 2.45) is 17.6 Å². The van der Waals surface area contributed by atoms with E-state index in [1.54, 1.807) is 6.20 Å². The highest BCUT2D eigenvalue weighted by Crippen LogP contribution is 2.28. The number of pyridine rings is 1. The van der Waals surface area contributed by atoms with Gasteiger partial charge in [0.25, 0.3) is 0 Å². The minimum atomic E-state index is 0.685. The molecule has 1 saturated carbocycles. The zero-order valence-electron chi connectivity index (χ0n) is 9.64. The zero-order valence-corrected chi connectivity index (χ0v) is 9.64. The van der Waals surface area contributed by atoms with E-state index in [-0.39, 0.29) is 0 Å². The number of rotatable bonds is 4. The van der Waals surface area contributed by atoms with Crippen molar-refractivity contribution in [1.29, 1.82) is 0 Å². The van der Waals surface area contributed by atoms with E-state index in [1.807, 2.05) is 18.2 Å². The van der Waals surface area contributed by atoms with Gasteiger partial charge in [-0.05, 0) is 50.1 Å². The van der Waals surface area contributed by atoms with Crippen molar-refractivity contribution in [2.45, 2.75) is 25.7 Å². The number of hydrogen-bond acceptors (Lipinski definition) is 3. The molecule has 1 heterocycles. The Bertz CT molecular complexity index is 294. The molecule has 1 aliphatic carbocycles. The fourth-order valence-electron chi connectivity index (χ4n) is 2.27. The molecule has 0 bridgehead atoms. The average Bonchev–Trinajstić information content (AvgIpc) is 2.38. The predicted molar refractivity (Wildman–Crippen MR) is 64.2 cm³/mol. The van der Waals surface area contributed by atoms with Gasteiger partial charge in [0, 0.05) is 12.3 Å². The van der Waals surface area contributed by atoms with Crippen LogP contribution in [0.5, 0.6) is 5.88 Å². The summed E-state index contributed by atoms with van der Waals surface area (Å²) in [6.45, 7) is 1.64. The maximum Gasteiger partial charge on any atom is 0.213 e. The second-order valence-electron chi connectivity index (χ2n) is 4.60. The Balaban J connectivity index is 1.72. The molecule has 0 unspecified atom stereocenters. The monoisotopic (exact) mass is 220 g/mol. The predicted octanol–water partition coefficient (Wildman–Crippen LogP) is 2.23. The Kier molecular flexibility index (Phi) is 4.17. The van der Waals surface area contributed by atoms with E-state index in [4.69, 9.17) is 10.5 Å². The summed E-state index contributed by atoms with van der Waals surface area (Å²) in [5, 5.41) is 0. The van der Waals surface area contributed by atoms with Crippen molar-refractivity contribution in [1.82, 2.24) is 4.98 Å². The second kappa shape index (κ2) is 5.85. The molecule has 0 saturated heterocycles. The lowest BCUT2D eigenvalue weighted by molar-refractivity contribution is 0.180. The summed E-state index contributed by atoms with van der Waals surface area (Å²) in [5.74, 6) is 2.17. The van der Waals surface area contributed by atoms with Crippen LogP contribution in [0, 0.1) is 11.8 Å². The molecule has 3 nitrogen and oxygen atoms in total. The lowest BCUT2D eigenvalue weighted by atomic mass is 9.82. The smallest absolute Gasteiger partial charge is 0.213 e. The van der Waals surface area contributed by atoms with Crippen LogP contribution in [0.2, 0.25) is 0 Å². The summed E-state index contributed by atoms with van der Waals surface area (Å²) in [4.78, 5) is 4.15. The fraction of sp³-hybridized carbons (Fsp3) is 0.615. The van der Waals surface area contributed by atoms with Crippen molar-refractivity contribution in [2.75, 3.05) is 13.2 Å². The highest BCUT2D eigenvalue weighted by Gasteiger charge is 2.20. The Hall–Kier alpha value is -1.09. The van der Waals surface area contributed by atoms with E-state index < -0.39 is 0 Å². The summed E-state index contributed by atoms with van der Waals surface area (Å²) >= 11 is 0. The molecule has 1 aromatic heterocycles. The normalized spacial score (nSPS) is 25.3. The van der Waals surface area contributed by atoms with Crippen LogP contribution in [-0.4, -0.2) is 18.1 Å². The molecule has 0 aromatic carbocycles. The topological polar surface area (TPSA) is 48.1 Å². The number of nitrogens with zero attached hydrogens (tertiary/aromatic N) is 1. The van der Waals surface area contributed by atoms with Crippen LogP contribution in [0.15, 0.2) is 24.4 Å². The fourth-order valence-corrected chi connectivity index (χ4v) is 2.27. The van der Waals surface area contributed by atoms with Crippen LogP contribution in [0.4, 0.5) is 0 Å². The lowest BCUT2D eigenvalue weighted by Gasteiger charge is -2.27. The quantitative estimate of drug-likeness (QED) is 0.846. The summed E-state index contributed by atoms with van der Waals surface area (Å²) in [6, 6.07) is 5.76. The first-order chi connectivity index (χ1) is 7.88. The molecule has 0 amide bonds. The molecule has 16 heavy (non-hydrogen) atoms. The van der Waals surface area contributed by atoms with Gasteiger partial charge in [-0.15, -0.1) is 0 Å². The molecule has 88 valence electrons. The second-order valence-corrected chi connectivity index (χ2v) is 4.60. The van der Waals surface area contributed by atoms with E-state index >= 15 is 0 Å². The maximum absolute atomic E-state index is 5.67. The van der Waals surface area contributed by atoms with Gasteiger partial charge in [0.2, 0.25) is 5.88 Å². The Morgan fingerprint density at radius 1 is 1.19 bits per heavy atom. The molecule has 1 aromatic rings. The Morgan fingerprint density at radius 2 is 1.94 bits per heavy atom. The average molecular weight is 220 g/mol. The number of hydrogen-bond donors (Lipinski definition) is 1. The third-order valence-electron chi connectivity index (χ3n) is 3.40. The van der Waals surface area contributed by atoms with Crippen LogP contribution < -0.4 is 10.5 Å². The van der Waals surface area contributed by atoms with Crippen molar-refractivity contribution in [3.63, 3.8) is 0 Å². The van der Waals surface area contributed by atoms with Crippen molar-refractivity contribution < 1.29 is 4.74 Å². The first-order valence-corrected chi connectivity index (χ1v) is 6.12. The molecule has 2 N–H and O–H groups in total. The molecule has 0 radical (unpaired) electrons. The summed E-state index contributed by atoms with van der Waals surface area (Å²) in [6.07, 6.45) is 6.77. The van der Waals surface area contributed by atoms with Crippen LogP contribution in [0.1, 0.15) is 25.7 Å². The van der Waals surface area contributed by atoms with Gasteiger partial charge >= 0.3 is 0 Å². The van der Waals surface area contributed by atoms with Crippen molar-refractivity contribution >= 4 is 0 Å². The Morgan fingerprint density at radius 3 is 2.56 bits per heavy atom. The van der Waals surface area contributed by atoms with Gasteiger partial charge < -0.3 is 10.5 Å². The molecular weight excluding hydrogens is 200 g/mol. The molecule has 0 atom stereocenters. The van der Waals surface area contributed by atoms with E-state index in [0.717, 1.165) is 24.9 Å². The molecule has 0 aliphatic heterocycles. The lowest BCUT2D eigenvalue weighted by Crippen LogP contribution is -2.24. The van der Waals surface area contributed by atoms with Crippen LogP contribution in [0.25, 0.3) is 0 Å². The highest BCUT2D eigenvalue weighted by molar-refractivity contribution is 5.09. The van der Waals surface area contributed by atoms with Gasteiger partial charge in [-0.25, -0.2) is 4.98 Å². The van der Waals surface area contributed by atoms with E-state index in [9.17, 15) is 0 Å². The first kappa shape index (κ1) is 11.4. The third-order valence-corrected chi connectivity index (χ3v) is 3.40. The number of aromatic nitrogens is 1. The maximum atomic E-state index is 5.67. The molecule has 2 rings (SSSR count). The van der Waals surface area contributed by atoms with Gasteiger partial charge in [-0.2, -0.15) is 0 Å². The summed E-state index contributed by atoms with van der Waals surface area (Å²) in [7, 11) is 0. The van der Waals surface area contributed by atoms with Gasteiger partial charge in [0.1, 0.15) is 0 Å². The molecule has 1 fully saturated rings. The zero-order chi connectivity index (χ0) is 11.2. The van der Waals surface area contributed by atoms with Gasteiger partial charge in [-0.1, -0.05) is 6.07 Å². The first-order valence-electron chi connectivity index (χ1n) is 6.12. The number of nitrogens with two attached hydrogens (primary N) is 1. The highest BCUT2D eigenvalue weighted by atomic mass is 16.5. The molecule has 3 heteroatoms. The standard InChI is InChI=1S/C13H20N2O/c14-9-11-4-6-12(7-5-11)10-16-13-3-1-2-8-15-13/h1-3,8,11-12H,4-7,9-10,14H2. The minimum Gasteiger partial charge on any atom is -0.477 e. The van der Waals surface area contributed by atoms with Gasteiger partial charge in [-0.3, -0.25) is 0 Å². The third kappa shape index (κ3) is 3.20. The minimum absolute atomic E-state index is 0.685.